The van der Waals surface area contributed by atoms with E-state index >= 15 is 0 Å². The first-order chi connectivity index (χ1) is 9.56. The van der Waals surface area contributed by atoms with Crippen molar-refractivity contribution in [2.24, 2.45) is 0 Å². The maximum atomic E-state index is 11.6. The van der Waals surface area contributed by atoms with Crippen LogP contribution in [-0.2, 0) is 11.2 Å². The van der Waals surface area contributed by atoms with Crippen LogP contribution in [0.3, 0.4) is 0 Å². The van der Waals surface area contributed by atoms with Gasteiger partial charge in [0.1, 0.15) is 5.58 Å². The van der Waals surface area contributed by atoms with Crippen LogP contribution in [-0.4, -0.2) is 11.1 Å². The molecule has 100 valence electrons. The SMILES string of the molecule is O=C(O)Cc1cc(=O)oc2c1cc(Cl)c1ccccc12. The number of rotatable bonds is 2. The van der Waals surface area contributed by atoms with Gasteiger partial charge in [0.25, 0.3) is 0 Å². The van der Waals surface area contributed by atoms with Gasteiger partial charge in [-0.05, 0) is 11.6 Å². The van der Waals surface area contributed by atoms with Crippen LogP contribution in [0.5, 0.6) is 0 Å². The zero-order valence-corrected chi connectivity index (χ0v) is 11.0. The van der Waals surface area contributed by atoms with Gasteiger partial charge in [-0.15, -0.1) is 0 Å². The van der Waals surface area contributed by atoms with Crippen molar-refractivity contribution < 1.29 is 14.3 Å². The van der Waals surface area contributed by atoms with E-state index in [1.165, 1.54) is 6.07 Å². The van der Waals surface area contributed by atoms with E-state index in [1.807, 2.05) is 18.2 Å². The van der Waals surface area contributed by atoms with Crippen molar-refractivity contribution in [3.8, 4) is 0 Å². The molecule has 0 bridgehead atoms. The molecule has 1 N–H and O–H groups in total. The second kappa shape index (κ2) is 4.65. The molecule has 0 radical (unpaired) electrons. The van der Waals surface area contributed by atoms with Crippen molar-refractivity contribution in [3.05, 3.63) is 57.4 Å². The minimum absolute atomic E-state index is 0.253. The fourth-order valence-electron chi connectivity index (χ4n) is 2.31. The fourth-order valence-corrected chi connectivity index (χ4v) is 2.59. The van der Waals surface area contributed by atoms with Crippen LogP contribution >= 0.6 is 11.6 Å². The lowest BCUT2D eigenvalue weighted by atomic mass is 10.0. The highest BCUT2D eigenvalue weighted by Gasteiger charge is 2.13. The Morgan fingerprint density at radius 3 is 2.55 bits per heavy atom. The molecule has 0 saturated carbocycles. The Morgan fingerprint density at radius 2 is 1.85 bits per heavy atom. The summed E-state index contributed by atoms with van der Waals surface area (Å²) >= 11 is 6.22. The molecule has 0 unspecified atom stereocenters. The van der Waals surface area contributed by atoms with Crippen LogP contribution in [0.4, 0.5) is 0 Å². The number of halogens is 1. The van der Waals surface area contributed by atoms with Crippen LogP contribution in [0, 0.1) is 0 Å². The summed E-state index contributed by atoms with van der Waals surface area (Å²) in [6.45, 7) is 0. The second-order valence-electron chi connectivity index (χ2n) is 4.44. The largest absolute Gasteiger partial charge is 0.481 e. The minimum Gasteiger partial charge on any atom is -0.481 e. The van der Waals surface area contributed by atoms with Gasteiger partial charge < -0.3 is 9.52 Å². The van der Waals surface area contributed by atoms with E-state index in [-0.39, 0.29) is 6.42 Å². The van der Waals surface area contributed by atoms with Crippen LogP contribution in [0.15, 0.2) is 45.6 Å². The average Bonchev–Trinajstić information content (AvgIpc) is 2.40. The third-order valence-electron chi connectivity index (χ3n) is 3.13. The molecule has 20 heavy (non-hydrogen) atoms. The average molecular weight is 289 g/mol. The summed E-state index contributed by atoms with van der Waals surface area (Å²) in [4.78, 5) is 22.5. The lowest BCUT2D eigenvalue weighted by Crippen LogP contribution is -2.06. The molecular formula is C15H9ClO4. The molecule has 0 spiro atoms. The van der Waals surface area contributed by atoms with E-state index in [9.17, 15) is 9.59 Å². The zero-order valence-electron chi connectivity index (χ0n) is 10.2. The molecule has 5 heteroatoms. The fraction of sp³-hybridized carbons (Fsp3) is 0.0667. The van der Waals surface area contributed by atoms with Crippen molar-refractivity contribution in [1.82, 2.24) is 0 Å². The molecule has 1 heterocycles. The molecule has 0 aliphatic carbocycles. The van der Waals surface area contributed by atoms with Crippen molar-refractivity contribution in [3.63, 3.8) is 0 Å². The first kappa shape index (κ1) is 12.7. The predicted octanol–water partition coefficient (Wildman–Crippen LogP) is 3.23. The van der Waals surface area contributed by atoms with Crippen LogP contribution in [0.2, 0.25) is 5.02 Å². The molecule has 1 aromatic heterocycles. The minimum atomic E-state index is -1.01. The van der Waals surface area contributed by atoms with Gasteiger partial charge >= 0.3 is 11.6 Å². The zero-order chi connectivity index (χ0) is 14.3. The molecule has 0 saturated heterocycles. The number of carboxylic acids is 1. The highest BCUT2D eigenvalue weighted by Crippen LogP contribution is 2.32. The number of fused-ring (bicyclic) bond motifs is 3. The van der Waals surface area contributed by atoms with Crippen LogP contribution in [0.1, 0.15) is 5.56 Å². The molecule has 3 rings (SSSR count). The monoisotopic (exact) mass is 288 g/mol. The van der Waals surface area contributed by atoms with E-state index < -0.39 is 11.6 Å². The third-order valence-corrected chi connectivity index (χ3v) is 3.44. The predicted molar refractivity (Wildman–Crippen MR) is 76.3 cm³/mol. The first-order valence-electron chi connectivity index (χ1n) is 5.92. The van der Waals surface area contributed by atoms with Gasteiger partial charge in [-0.2, -0.15) is 0 Å². The lowest BCUT2D eigenvalue weighted by Gasteiger charge is -2.07. The van der Waals surface area contributed by atoms with E-state index in [2.05, 4.69) is 0 Å². The molecule has 0 aliphatic heterocycles. The number of hydrogen-bond acceptors (Lipinski definition) is 3. The topological polar surface area (TPSA) is 67.5 Å². The summed E-state index contributed by atoms with van der Waals surface area (Å²) in [5, 5.41) is 11.4. The summed E-state index contributed by atoms with van der Waals surface area (Å²) < 4.78 is 5.25. The Balaban J connectivity index is 2.49. The highest BCUT2D eigenvalue weighted by molar-refractivity contribution is 6.37. The molecule has 0 amide bonds. The van der Waals surface area contributed by atoms with Crippen molar-refractivity contribution >= 4 is 39.3 Å². The first-order valence-corrected chi connectivity index (χ1v) is 6.30. The lowest BCUT2D eigenvalue weighted by molar-refractivity contribution is -0.136. The quantitative estimate of drug-likeness (QED) is 0.581. The Labute approximate surface area is 118 Å². The highest BCUT2D eigenvalue weighted by atomic mass is 35.5. The Hall–Kier alpha value is -2.33. The summed E-state index contributed by atoms with van der Waals surface area (Å²) in [5.41, 5.74) is 0.200. The number of benzene rings is 2. The number of carboxylic acid groups (broad SMARTS) is 1. The van der Waals surface area contributed by atoms with Gasteiger partial charge in [-0.3, -0.25) is 4.79 Å². The molecule has 3 aromatic rings. The summed E-state index contributed by atoms with van der Waals surface area (Å²) in [6, 6.07) is 10.1. The number of hydrogen-bond donors (Lipinski definition) is 1. The van der Waals surface area contributed by atoms with Gasteiger partial charge in [0.15, 0.2) is 0 Å². The molecule has 4 nitrogen and oxygen atoms in total. The van der Waals surface area contributed by atoms with Crippen molar-refractivity contribution in [2.75, 3.05) is 0 Å². The smallest absolute Gasteiger partial charge is 0.336 e. The summed E-state index contributed by atoms with van der Waals surface area (Å²) in [6.07, 6.45) is -0.253. The summed E-state index contributed by atoms with van der Waals surface area (Å²) in [5.74, 6) is -1.01. The maximum Gasteiger partial charge on any atom is 0.336 e. The second-order valence-corrected chi connectivity index (χ2v) is 4.85. The standard InChI is InChI=1S/C15H9ClO4/c16-12-7-11-8(5-13(17)18)6-14(19)20-15(11)10-4-2-1-3-9(10)12/h1-4,6-7H,5H2,(H,17,18). The van der Waals surface area contributed by atoms with Gasteiger partial charge in [-0.25, -0.2) is 4.79 Å². The molecule has 0 atom stereocenters. The maximum absolute atomic E-state index is 11.6. The van der Waals surface area contributed by atoms with E-state index in [4.69, 9.17) is 21.1 Å². The summed E-state index contributed by atoms with van der Waals surface area (Å²) in [7, 11) is 0. The number of aliphatic carboxylic acids is 1. The Bertz CT molecular complexity index is 895. The van der Waals surface area contributed by atoms with Gasteiger partial charge in [0.2, 0.25) is 0 Å². The van der Waals surface area contributed by atoms with E-state index in [0.717, 1.165) is 5.39 Å². The number of carbonyl (C=O) groups is 1. The third kappa shape index (κ3) is 2.04. The van der Waals surface area contributed by atoms with Gasteiger partial charge in [0, 0.05) is 27.2 Å². The Morgan fingerprint density at radius 1 is 1.15 bits per heavy atom. The molecule has 2 aromatic carbocycles. The van der Waals surface area contributed by atoms with Gasteiger partial charge in [0.05, 0.1) is 6.42 Å². The van der Waals surface area contributed by atoms with Crippen molar-refractivity contribution in [1.29, 1.82) is 0 Å². The normalized spacial score (nSPS) is 11.1. The molecular weight excluding hydrogens is 280 g/mol. The molecule has 0 fully saturated rings. The van der Waals surface area contributed by atoms with Crippen molar-refractivity contribution in [2.45, 2.75) is 6.42 Å². The molecule has 0 aliphatic rings. The van der Waals surface area contributed by atoms with E-state index in [1.54, 1.807) is 12.1 Å². The van der Waals surface area contributed by atoms with Crippen LogP contribution in [0.25, 0.3) is 21.7 Å². The van der Waals surface area contributed by atoms with Crippen LogP contribution < -0.4 is 5.63 Å². The van der Waals surface area contributed by atoms with E-state index in [0.29, 0.717) is 26.9 Å². The Kier molecular flexibility index (Phi) is 2.95. The van der Waals surface area contributed by atoms with Gasteiger partial charge in [-0.1, -0.05) is 35.9 Å².